The van der Waals surface area contributed by atoms with Crippen molar-refractivity contribution in [3.05, 3.63) is 11.3 Å². The summed E-state index contributed by atoms with van der Waals surface area (Å²) in [5.41, 5.74) is 3.58. The van der Waals surface area contributed by atoms with Crippen LogP contribution < -0.4 is 0 Å². The molecule has 0 bridgehead atoms. The smallest absolute Gasteiger partial charge is 0.0771 e. The van der Waals surface area contributed by atoms with E-state index in [1.165, 1.54) is 37.7 Å². The second-order valence-electron chi connectivity index (χ2n) is 6.10. The molecule has 1 atom stereocenters. The Morgan fingerprint density at radius 1 is 1.20 bits per heavy atom. The summed E-state index contributed by atoms with van der Waals surface area (Å²) in [5.74, 6) is 0.534. The lowest BCUT2D eigenvalue weighted by atomic mass is 9.83. The molecule has 1 fully saturated rings. The van der Waals surface area contributed by atoms with E-state index in [4.69, 9.17) is 0 Å². The Balaban J connectivity index is 2.58. The van der Waals surface area contributed by atoms with E-state index < -0.39 is 8.07 Å². The van der Waals surface area contributed by atoms with E-state index in [2.05, 4.69) is 32.3 Å². The molecule has 1 aliphatic carbocycles. The highest BCUT2D eigenvalue weighted by Crippen LogP contribution is 2.29. The number of aliphatic hydroxyl groups excluding tert-OH is 1. The minimum Gasteiger partial charge on any atom is -0.389 e. The van der Waals surface area contributed by atoms with Gasteiger partial charge in [-0.2, -0.15) is 0 Å². The minimum absolute atomic E-state index is 0.169. The van der Waals surface area contributed by atoms with E-state index in [0.29, 0.717) is 5.92 Å². The summed E-state index contributed by atoms with van der Waals surface area (Å²) < 4.78 is 0. The molecular formula is C13H26OSi. The molecule has 0 spiro atoms. The largest absolute Gasteiger partial charge is 0.389 e. The molecule has 0 aromatic heterocycles. The molecule has 1 nitrogen and oxygen atoms in total. The molecule has 1 unspecified atom stereocenters. The first-order valence-electron chi connectivity index (χ1n) is 6.27. The molecule has 15 heavy (non-hydrogen) atoms. The summed E-state index contributed by atoms with van der Waals surface area (Å²) in [6.45, 7) is 9.08. The lowest BCUT2D eigenvalue weighted by Gasteiger charge is -2.28. The molecule has 0 radical (unpaired) electrons. The number of aliphatic hydroxyl groups is 1. The molecule has 0 saturated heterocycles. The highest BCUT2D eigenvalue weighted by Gasteiger charge is 2.23. The van der Waals surface area contributed by atoms with Crippen molar-refractivity contribution in [1.82, 2.24) is 0 Å². The average Bonchev–Trinajstić information content (AvgIpc) is 2.15. The van der Waals surface area contributed by atoms with Crippen molar-refractivity contribution in [2.75, 3.05) is 0 Å². The van der Waals surface area contributed by atoms with Crippen LogP contribution in [-0.4, -0.2) is 19.3 Å². The van der Waals surface area contributed by atoms with E-state index in [1.54, 1.807) is 0 Å². The third kappa shape index (κ3) is 4.52. The molecule has 88 valence electrons. The zero-order chi connectivity index (χ0) is 11.5. The molecule has 0 aromatic rings. The lowest BCUT2D eigenvalue weighted by Crippen LogP contribution is -2.26. The van der Waals surface area contributed by atoms with Gasteiger partial charge in [0, 0.05) is 0 Å². The van der Waals surface area contributed by atoms with Crippen molar-refractivity contribution in [3.8, 4) is 0 Å². The molecule has 0 amide bonds. The van der Waals surface area contributed by atoms with E-state index in [1.807, 2.05) is 0 Å². The summed E-state index contributed by atoms with van der Waals surface area (Å²) in [6, 6.07) is 0. The SMILES string of the molecule is C/C(=C/[Si](C)(C)C)C(O)C1CCCCC1. The van der Waals surface area contributed by atoms with Gasteiger partial charge in [0.2, 0.25) is 0 Å². The second kappa shape index (κ2) is 5.31. The Morgan fingerprint density at radius 2 is 1.73 bits per heavy atom. The Hall–Kier alpha value is -0.0831. The van der Waals surface area contributed by atoms with E-state index >= 15 is 0 Å². The van der Waals surface area contributed by atoms with Gasteiger partial charge in [-0.3, -0.25) is 0 Å². The molecule has 1 rings (SSSR count). The van der Waals surface area contributed by atoms with Crippen LogP contribution in [0.1, 0.15) is 39.0 Å². The lowest BCUT2D eigenvalue weighted by molar-refractivity contribution is 0.115. The maximum atomic E-state index is 10.3. The van der Waals surface area contributed by atoms with Crippen LogP contribution >= 0.6 is 0 Å². The molecule has 0 aromatic carbocycles. The number of hydrogen-bond donors (Lipinski definition) is 1. The highest BCUT2D eigenvalue weighted by atomic mass is 28.3. The Morgan fingerprint density at radius 3 is 2.20 bits per heavy atom. The van der Waals surface area contributed by atoms with Crippen molar-refractivity contribution < 1.29 is 5.11 Å². The normalized spacial score (nSPS) is 22.9. The monoisotopic (exact) mass is 226 g/mol. The van der Waals surface area contributed by atoms with Crippen LogP contribution in [0, 0.1) is 5.92 Å². The van der Waals surface area contributed by atoms with Gasteiger partial charge in [0.15, 0.2) is 0 Å². The van der Waals surface area contributed by atoms with Crippen molar-refractivity contribution >= 4 is 8.07 Å². The van der Waals surface area contributed by atoms with E-state index in [0.717, 1.165) is 0 Å². The standard InChI is InChI=1S/C13H26OSi/c1-11(10-15(2,3)4)13(14)12-8-6-5-7-9-12/h10,12-14H,5-9H2,1-4H3/b11-10-. The Kier molecular flexibility index (Phi) is 4.59. The number of rotatable bonds is 3. The van der Waals surface area contributed by atoms with Crippen molar-refractivity contribution in [2.45, 2.75) is 64.8 Å². The fourth-order valence-electron chi connectivity index (χ4n) is 2.59. The van der Waals surface area contributed by atoms with Crippen LogP contribution in [0.4, 0.5) is 0 Å². The molecule has 2 heteroatoms. The molecule has 0 aliphatic heterocycles. The number of hydrogen-bond acceptors (Lipinski definition) is 1. The zero-order valence-corrected chi connectivity index (χ0v) is 11.7. The van der Waals surface area contributed by atoms with Gasteiger partial charge in [-0.15, -0.1) is 0 Å². The molecule has 1 aliphatic rings. The van der Waals surface area contributed by atoms with E-state index in [-0.39, 0.29) is 6.10 Å². The van der Waals surface area contributed by atoms with Gasteiger partial charge in [0.25, 0.3) is 0 Å². The van der Waals surface area contributed by atoms with Crippen LogP contribution in [0.5, 0.6) is 0 Å². The van der Waals surface area contributed by atoms with Crippen molar-refractivity contribution in [3.63, 3.8) is 0 Å². The summed E-state index contributed by atoms with van der Waals surface area (Å²) >= 11 is 0. The fraction of sp³-hybridized carbons (Fsp3) is 0.846. The van der Waals surface area contributed by atoms with Gasteiger partial charge in [-0.05, 0) is 25.7 Å². The summed E-state index contributed by atoms with van der Waals surface area (Å²) in [7, 11) is -1.17. The maximum absolute atomic E-state index is 10.3. The third-order valence-electron chi connectivity index (χ3n) is 3.22. The molecule has 1 N–H and O–H groups in total. The minimum atomic E-state index is -1.17. The topological polar surface area (TPSA) is 20.2 Å². The fourth-order valence-corrected chi connectivity index (χ4v) is 4.13. The predicted molar refractivity (Wildman–Crippen MR) is 69.7 cm³/mol. The van der Waals surface area contributed by atoms with Gasteiger partial charge >= 0.3 is 0 Å². The average molecular weight is 226 g/mol. The van der Waals surface area contributed by atoms with Gasteiger partial charge in [0.05, 0.1) is 14.2 Å². The van der Waals surface area contributed by atoms with Gasteiger partial charge in [-0.25, -0.2) is 0 Å². The first-order chi connectivity index (χ1) is 6.90. The van der Waals surface area contributed by atoms with Gasteiger partial charge < -0.3 is 5.11 Å². The quantitative estimate of drug-likeness (QED) is 0.727. The first-order valence-corrected chi connectivity index (χ1v) is 9.85. The second-order valence-corrected chi connectivity index (χ2v) is 11.1. The molecule has 0 heterocycles. The van der Waals surface area contributed by atoms with Crippen LogP contribution in [0.2, 0.25) is 19.6 Å². The Bertz CT molecular complexity index is 221. The zero-order valence-electron chi connectivity index (χ0n) is 10.7. The highest BCUT2D eigenvalue weighted by molar-refractivity contribution is 6.81. The van der Waals surface area contributed by atoms with Gasteiger partial charge in [-0.1, -0.05) is 50.2 Å². The van der Waals surface area contributed by atoms with Crippen molar-refractivity contribution in [1.29, 1.82) is 0 Å². The first kappa shape index (κ1) is 13.0. The van der Waals surface area contributed by atoms with Crippen LogP contribution in [0.25, 0.3) is 0 Å². The van der Waals surface area contributed by atoms with Gasteiger partial charge in [0.1, 0.15) is 0 Å². The predicted octanol–water partition coefficient (Wildman–Crippen LogP) is 3.75. The van der Waals surface area contributed by atoms with Crippen molar-refractivity contribution in [2.24, 2.45) is 5.92 Å². The summed E-state index contributed by atoms with van der Waals surface area (Å²) in [5, 5.41) is 10.3. The molecular weight excluding hydrogens is 200 g/mol. The van der Waals surface area contributed by atoms with Crippen LogP contribution in [0.15, 0.2) is 11.3 Å². The summed E-state index contributed by atoms with van der Waals surface area (Å²) in [6.07, 6.45) is 6.25. The summed E-state index contributed by atoms with van der Waals surface area (Å²) in [4.78, 5) is 0. The molecule has 1 saturated carbocycles. The van der Waals surface area contributed by atoms with Crippen LogP contribution in [-0.2, 0) is 0 Å². The van der Waals surface area contributed by atoms with E-state index in [9.17, 15) is 5.11 Å². The maximum Gasteiger partial charge on any atom is 0.0771 e. The Labute approximate surface area is 95.6 Å². The van der Waals surface area contributed by atoms with Crippen LogP contribution in [0.3, 0.4) is 0 Å². The third-order valence-corrected chi connectivity index (χ3v) is 4.54.